The first kappa shape index (κ1) is 18.9. The van der Waals surface area contributed by atoms with Crippen LogP contribution in [0.1, 0.15) is 23.2 Å². The molecule has 1 aliphatic carbocycles. The van der Waals surface area contributed by atoms with Crippen molar-refractivity contribution in [1.82, 2.24) is 10.6 Å². The Hall–Kier alpha value is -1.40. The van der Waals surface area contributed by atoms with E-state index >= 15 is 0 Å². The third kappa shape index (κ3) is 5.31. The van der Waals surface area contributed by atoms with Crippen LogP contribution in [0.5, 0.6) is 0 Å². The van der Waals surface area contributed by atoms with Gasteiger partial charge < -0.3 is 10.6 Å². The van der Waals surface area contributed by atoms with Crippen LogP contribution < -0.4 is 10.6 Å². The van der Waals surface area contributed by atoms with E-state index in [0.717, 1.165) is 3.57 Å². The number of carbonyl (C=O) groups is 2. The van der Waals surface area contributed by atoms with Crippen LogP contribution in [0, 0.1) is 14.9 Å². The van der Waals surface area contributed by atoms with Gasteiger partial charge in [0.2, 0.25) is 5.91 Å². The molecular weight excluding hydrogens is 433 g/mol. The molecule has 128 valence electrons. The first-order chi connectivity index (χ1) is 11.1. The van der Waals surface area contributed by atoms with Crippen molar-refractivity contribution in [3.8, 4) is 6.07 Å². The average Bonchev–Trinajstić information content (AvgIpc) is 3.25. The van der Waals surface area contributed by atoms with E-state index in [-0.39, 0.29) is 11.8 Å². The van der Waals surface area contributed by atoms with Crippen LogP contribution in [0.15, 0.2) is 24.3 Å². The molecule has 1 fully saturated rings. The molecule has 1 aliphatic rings. The summed E-state index contributed by atoms with van der Waals surface area (Å²) in [5, 5.41) is 14.8. The number of benzene rings is 1. The minimum Gasteiger partial charge on any atom is -0.341 e. The van der Waals surface area contributed by atoms with Gasteiger partial charge in [-0.05, 0) is 59.7 Å². The topological polar surface area (TPSA) is 82.0 Å². The zero-order chi connectivity index (χ0) is 18.0. The van der Waals surface area contributed by atoms with Crippen LogP contribution in [-0.2, 0) is 4.79 Å². The second kappa shape index (κ2) is 7.23. The fourth-order valence-electron chi connectivity index (χ4n) is 2.41. The summed E-state index contributed by atoms with van der Waals surface area (Å²) in [7, 11) is -1.59. The van der Waals surface area contributed by atoms with E-state index < -0.39 is 19.7 Å². The van der Waals surface area contributed by atoms with Gasteiger partial charge in [0.05, 0.1) is 6.07 Å². The molecule has 7 heteroatoms. The van der Waals surface area contributed by atoms with Crippen molar-refractivity contribution in [1.29, 1.82) is 5.26 Å². The minimum atomic E-state index is -1.59. The first-order valence-corrected chi connectivity index (χ1v) is 12.7. The van der Waals surface area contributed by atoms with Crippen molar-refractivity contribution in [3.63, 3.8) is 0 Å². The molecule has 0 heterocycles. The quantitative estimate of drug-likeness (QED) is 0.511. The Morgan fingerprint density at radius 3 is 2.54 bits per heavy atom. The highest BCUT2D eigenvalue weighted by atomic mass is 127. The number of carbonyl (C=O) groups excluding carboxylic acids is 2. The van der Waals surface area contributed by atoms with Crippen LogP contribution >= 0.6 is 22.6 Å². The van der Waals surface area contributed by atoms with Gasteiger partial charge in [0.15, 0.2) is 0 Å². The molecule has 0 aliphatic heterocycles. The largest absolute Gasteiger partial charge is 0.341 e. The highest BCUT2D eigenvalue weighted by Gasteiger charge is 2.46. The molecule has 0 radical (unpaired) electrons. The Morgan fingerprint density at radius 2 is 2.04 bits per heavy atom. The molecule has 2 amide bonds. The number of hydrogen-bond donors (Lipinski definition) is 2. The molecule has 2 rings (SSSR count). The average molecular weight is 455 g/mol. The lowest BCUT2D eigenvalue weighted by Gasteiger charge is -2.26. The van der Waals surface area contributed by atoms with Gasteiger partial charge in [0, 0.05) is 17.2 Å². The first-order valence-electron chi connectivity index (χ1n) is 7.94. The van der Waals surface area contributed by atoms with Gasteiger partial charge >= 0.3 is 0 Å². The molecule has 0 aromatic heterocycles. The molecule has 1 aromatic rings. The van der Waals surface area contributed by atoms with E-state index in [1.807, 2.05) is 12.1 Å². The maximum Gasteiger partial charge on any atom is 0.251 e. The Balaban J connectivity index is 2.12. The van der Waals surface area contributed by atoms with Crippen LogP contribution in [-0.4, -0.2) is 31.5 Å². The molecule has 1 atom stereocenters. The summed E-state index contributed by atoms with van der Waals surface area (Å²) in [6, 6.07) is 9.44. The highest BCUT2D eigenvalue weighted by Crippen LogP contribution is 2.34. The zero-order valence-electron chi connectivity index (χ0n) is 14.1. The molecular formula is C17H22IN3O2Si. The molecule has 1 aromatic carbocycles. The van der Waals surface area contributed by atoms with Crippen LogP contribution in [0.4, 0.5) is 0 Å². The molecule has 2 N–H and O–H groups in total. The van der Waals surface area contributed by atoms with Crippen molar-refractivity contribution >= 4 is 42.5 Å². The predicted octanol–water partition coefficient (Wildman–Crippen LogP) is 2.90. The summed E-state index contributed by atoms with van der Waals surface area (Å²) in [5.41, 5.74) is -0.182. The number of halogens is 1. The fraction of sp³-hybridized carbons (Fsp3) is 0.471. The van der Waals surface area contributed by atoms with E-state index in [4.69, 9.17) is 5.26 Å². The van der Waals surface area contributed by atoms with Crippen LogP contribution in [0.2, 0.25) is 25.7 Å². The summed E-state index contributed by atoms with van der Waals surface area (Å²) in [6.45, 7) is 6.46. The number of nitriles is 1. The molecule has 0 saturated heterocycles. The lowest BCUT2D eigenvalue weighted by atomic mass is 10.2. The normalized spacial score (nSPS) is 16.6. The summed E-state index contributed by atoms with van der Waals surface area (Å²) in [5.74, 6) is -0.510. The Bertz CT molecular complexity index is 690. The summed E-state index contributed by atoms with van der Waals surface area (Å²) in [4.78, 5) is 25.1. The van der Waals surface area contributed by atoms with E-state index in [1.54, 1.807) is 12.1 Å². The lowest BCUT2D eigenvalue weighted by Crippen LogP contribution is -2.52. The zero-order valence-corrected chi connectivity index (χ0v) is 17.3. The monoisotopic (exact) mass is 455 g/mol. The third-order valence-corrected chi connectivity index (χ3v) is 6.16. The molecule has 0 spiro atoms. The van der Waals surface area contributed by atoms with Gasteiger partial charge in [-0.3, -0.25) is 9.59 Å². The lowest BCUT2D eigenvalue weighted by molar-refractivity contribution is -0.123. The third-order valence-electron chi connectivity index (χ3n) is 3.85. The van der Waals surface area contributed by atoms with Gasteiger partial charge in [-0.15, -0.1) is 0 Å². The molecule has 1 unspecified atom stereocenters. The van der Waals surface area contributed by atoms with Crippen LogP contribution in [0.3, 0.4) is 0 Å². The van der Waals surface area contributed by atoms with E-state index in [0.29, 0.717) is 24.4 Å². The molecule has 24 heavy (non-hydrogen) atoms. The van der Waals surface area contributed by atoms with Gasteiger partial charge in [0.1, 0.15) is 11.6 Å². The van der Waals surface area contributed by atoms with Gasteiger partial charge in [-0.1, -0.05) is 25.7 Å². The summed E-state index contributed by atoms with van der Waals surface area (Å²) < 4.78 is 0.966. The Kier molecular flexibility index (Phi) is 5.70. The van der Waals surface area contributed by atoms with Crippen molar-refractivity contribution in [2.24, 2.45) is 0 Å². The number of nitrogens with one attached hydrogen (secondary N) is 2. The second-order valence-corrected chi connectivity index (χ2v) is 14.3. The maximum atomic E-state index is 12.6. The molecule has 5 nitrogen and oxygen atoms in total. The van der Waals surface area contributed by atoms with E-state index in [2.05, 4.69) is 58.9 Å². The van der Waals surface area contributed by atoms with E-state index in [9.17, 15) is 9.59 Å². The van der Waals surface area contributed by atoms with Gasteiger partial charge in [0.25, 0.3) is 5.91 Å². The Labute approximate surface area is 157 Å². The van der Waals surface area contributed by atoms with E-state index in [1.165, 1.54) is 0 Å². The van der Waals surface area contributed by atoms with Crippen LogP contribution in [0.25, 0.3) is 0 Å². The maximum absolute atomic E-state index is 12.6. The predicted molar refractivity (Wildman–Crippen MR) is 104 cm³/mol. The van der Waals surface area contributed by atoms with Gasteiger partial charge in [-0.25, -0.2) is 0 Å². The molecule has 1 saturated carbocycles. The van der Waals surface area contributed by atoms with Gasteiger partial charge in [-0.2, -0.15) is 5.26 Å². The smallest absolute Gasteiger partial charge is 0.251 e. The molecule has 0 bridgehead atoms. The Morgan fingerprint density at radius 1 is 1.38 bits per heavy atom. The van der Waals surface area contributed by atoms with Crippen molar-refractivity contribution in [2.75, 3.05) is 0 Å². The SMILES string of the molecule is C[Si](C)(C)CC(NC(=O)c1cccc(I)c1)C(=O)NC1(C#N)CC1. The summed E-state index contributed by atoms with van der Waals surface area (Å²) >= 11 is 2.15. The minimum absolute atomic E-state index is 0.254. The van der Waals surface area contributed by atoms with Crippen molar-refractivity contribution in [2.45, 2.75) is 50.1 Å². The van der Waals surface area contributed by atoms with Crippen molar-refractivity contribution < 1.29 is 9.59 Å². The highest BCUT2D eigenvalue weighted by molar-refractivity contribution is 14.1. The fourth-order valence-corrected chi connectivity index (χ4v) is 4.46. The second-order valence-electron chi connectivity index (χ2n) is 7.48. The number of nitrogens with zero attached hydrogens (tertiary/aromatic N) is 1. The summed E-state index contributed by atoms with van der Waals surface area (Å²) in [6.07, 6.45) is 1.36. The van der Waals surface area contributed by atoms with Crippen molar-refractivity contribution in [3.05, 3.63) is 33.4 Å². The number of hydrogen-bond acceptors (Lipinski definition) is 3. The number of amides is 2. The standard InChI is InChI=1S/C17H22IN3O2Si/c1-24(2,3)10-14(16(23)21-17(11-19)7-8-17)20-15(22)12-5-4-6-13(18)9-12/h4-6,9,14H,7-8,10H2,1-3H3,(H,20,22)(H,21,23). The number of rotatable bonds is 6.